The van der Waals surface area contributed by atoms with Gasteiger partial charge >= 0.3 is 5.69 Å². The summed E-state index contributed by atoms with van der Waals surface area (Å²) in [5.41, 5.74) is 0.0679. The van der Waals surface area contributed by atoms with Crippen LogP contribution in [0.4, 0.5) is 11.6 Å². The SMILES string of the molecule is C/C=C/COc1nc(NC)nc(C)c1[N+](=O)[O-]. The van der Waals surface area contributed by atoms with Crippen LogP contribution in [0.15, 0.2) is 12.2 Å². The number of allylic oxidation sites excluding steroid dienone is 1. The van der Waals surface area contributed by atoms with E-state index in [-0.39, 0.29) is 23.9 Å². The predicted octanol–water partition coefficient (Wildman–Crippen LogP) is 1.69. The molecule has 0 aliphatic rings. The number of anilines is 1. The summed E-state index contributed by atoms with van der Waals surface area (Å²) in [5, 5.41) is 13.6. The van der Waals surface area contributed by atoms with E-state index >= 15 is 0 Å². The first-order valence-corrected chi connectivity index (χ1v) is 5.04. The molecule has 0 saturated carbocycles. The smallest absolute Gasteiger partial charge is 0.352 e. The zero-order valence-electron chi connectivity index (χ0n) is 9.93. The molecule has 17 heavy (non-hydrogen) atoms. The molecular formula is C10H14N4O3. The predicted molar refractivity (Wildman–Crippen MR) is 63.3 cm³/mol. The number of aryl methyl sites for hydroxylation is 1. The van der Waals surface area contributed by atoms with Gasteiger partial charge in [-0.1, -0.05) is 12.2 Å². The highest BCUT2D eigenvalue weighted by Gasteiger charge is 2.23. The molecule has 0 aromatic carbocycles. The first-order chi connectivity index (χ1) is 8.10. The maximum absolute atomic E-state index is 10.9. The van der Waals surface area contributed by atoms with Crippen molar-refractivity contribution < 1.29 is 9.66 Å². The topological polar surface area (TPSA) is 90.2 Å². The zero-order valence-corrected chi connectivity index (χ0v) is 9.93. The van der Waals surface area contributed by atoms with Crippen LogP contribution in [0.5, 0.6) is 5.88 Å². The molecule has 1 aromatic heterocycles. The van der Waals surface area contributed by atoms with Crippen LogP contribution in [0, 0.1) is 17.0 Å². The fourth-order valence-electron chi connectivity index (χ4n) is 1.19. The highest BCUT2D eigenvalue weighted by molar-refractivity contribution is 5.48. The lowest BCUT2D eigenvalue weighted by Gasteiger charge is -2.07. The van der Waals surface area contributed by atoms with Crippen LogP contribution in [0.2, 0.25) is 0 Å². The Kier molecular flexibility index (Phi) is 4.38. The Labute approximate surface area is 98.7 Å². The van der Waals surface area contributed by atoms with Crippen LogP contribution >= 0.6 is 0 Å². The van der Waals surface area contributed by atoms with E-state index in [0.29, 0.717) is 5.95 Å². The fourth-order valence-corrected chi connectivity index (χ4v) is 1.19. The largest absolute Gasteiger partial charge is 0.468 e. The Hall–Kier alpha value is -2.18. The van der Waals surface area contributed by atoms with E-state index in [0.717, 1.165) is 0 Å². The van der Waals surface area contributed by atoms with Gasteiger partial charge in [-0.05, 0) is 13.8 Å². The van der Waals surface area contributed by atoms with E-state index in [1.54, 1.807) is 26.1 Å². The van der Waals surface area contributed by atoms with E-state index in [1.807, 2.05) is 6.92 Å². The van der Waals surface area contributed by atoms with Crippen molar-refractivity contribution in [2.45, 2.75) is 13.8 Å². The van der Waals surface area contributed by atoms with E-state index in [4.69, 9.17) is 4.74 Å². The number of aromatic nitrogens is 2. The van der Waals surface area contributed by atoms with Gasteiger partial charge in [0.25, 0.3) is 5.88 Å². The molecule has 0 fully saturated rings. The summed E-state index contributed by atoms with van der Waals surface area (Å²) in [6, 6.07) is 0. The Balaban J connectivity index is 3.13. The van der Waals surface area contributed by atoms with Crippen LogP contribution in [0.3, 0.4) is 0 Å². The number of hydrogen-bond donors (Lipinski definition) is 1. The van der Waals surface area contributed by atoms with Crippen molar-refractivity contribution in [3.8, 4) is 5.88 Å². The number of hydrogen-bond acceptors (Lipinski definition) is 6. The summed E-state index contributed by atoms with van der Waals surface area (Å²) in [5.74, 6) is 0.272. The minimum atomic E-state index is -0.542. The van der Waals surface area contributed by atoms with Gasteiger partial charge in [-0.15, -0.1) is 0 Å². The van der Waals surface area contributed by atoms with Crippen molar-refractivity contribution in [2.24, 2.45) is 0 Å². The molecule has 1 heterocycles. The maximum Gasteiger partial charge on any atom is 0.352 e. The summed E-state index contributed by atoms with van der Waals surface area (Å²) in [7, 11) is 1.64. The van der Waals surface area contributed by atoms with Crippen molar-refractivity contribution in [3.63, 3.8) is 0 Å². The van der Waals surface area contributed by atoms with Crippen LogP contribution in [-0.4, -0.2) is 28.5 Å². The molecule has 0 aliphatic heterocycles. The number of ether oxygens (including phenoxy) is 1. The minimum absolute atomic E-state index is 0.0232. The first kappa shape index (κ1) is 12.9. The molecule has 92 valence electrons. The molecular weight excluding hydrogens is 224 g/mol. The van der Waals surface area contributed by atoms with E-state index in [9.17, 15) is 10.1 Å². The number of nitrogens with zero attached hydrogens (tertiary/aromatic N) is 3. The van der Waals surface area contributed by atoms with E-state index in [1.165, 1.54) is 0 Å². The second-order valence-corrected chi connectivity index (χ2v) is 3.17. The van der Waals surface area contributed by atoms with Gasteiger partial charge in [-0.3, -0.25) is 10.1 Å². The Bertz CT molecular complexity index is 445. The van der Waals surface area contributed by atoms with Gasteiger partial charge in [0.05, 0.1) is 4.92 Å². The van der Waals surface area contributed by atoms with Crippen LogP contribution < -0.4 is 10.1 Å². The normalized spacial score (nSPS) is 10.5. The molecule has 1 rings (SSSR count). The lowest BCUT2D eigenvalue weighted by molar-refractivity contribution is -0.387. The van der Waals surface area contributed by atoms with Gasteiger partial charge in [-0.2, -0.15) is 4.98 Å². The molecule has 7 heteroatoms. The average Bonchev–Trinajstić information content (AvgIpc) is 2.28. The molecule has 0 bridgehead atoms. The highest BCUT2D eigenvalue weighted by Crippen LogP contribution is 2.28. The number of nitrogens with one attached hydrogen (secondary N) is 1. The number of rotatable bonds is 5. The highest BCUT2D eigenvalue weighted by atomic mass is 16.6. The third-order valence-corrected chi connectivity index (χ3v) is 1.98. The molecule has 0 aliphatic carbocycles. The molecule has 0 radical (unpaired) electrons. The molecule has 7 nitrogen and oxygen atoms in total. The van der Waals surface area contributed by atoms with Gasteiger partial charge in [0, 0.05) is 7.05 Å². The van der Waals surface area contributed by atoms with Crippen molar-refractivity contribution in [1.29, 1.82) is 0 Å². The van der Waals surface area contributed by atoms with Gasteiger partial charge < -0.3 is 10.1 Å². The summed E-state index contributed by atoms with van der Waals surface area (Å²) in [6.07, 6.45) is 3.53. The van der Waals surface area contributed by atoms with Gasteiger partial charge in [0.2, 0.25) is 5.95 Å². The number of nitro groups is 1. The third-order valence-electron chi connectivity index (χ3n) is 1.98. The van der Waals surface area contributed by atoms with E-state index in [2.05, 4.69) is 15.3 Å². The van der Waals surface area contributed by atoms with Crippen LogP contribution in [-0.2, 0) is 0 Å². The van der Waals surface area contributed by atoms with Crippen molar-refractivity contribution in [2.75, 3.05) is 19.0 Å². The van der Waals surface area contributed by atoms with Crippen LogP contribution in [0.1, 0.15) is 12.6 Å². The Morgan fingerprint density at radius 1 is 1.53 bits per heavy atom. The second-order valence-electron chi connectivity index (χ2n) is 3.17. The van der Waals surface area contributed by atoms with Gasteiger partial charge in [0.1, 0.15) is 12.3 Å². The summed E-state index contributed by atoms with van der Waals surface area (Å²) < 4.78 is 5.24. The summed E-state index contributed by atoms with van der Waals surface area (Å²) in [6.45, 7) is 3.61. The average molecular weight is 238 g/mol. The van der Waals surface area contributed by atoms with Crippen molar-refractivity contribution in [3.05, 3.63) is 28.0 Å². The molecule has 1 aromatic rings. The maximum atomic E-state index is 10.9. The van der Waals surface area contributed by atoms with Gasteiger partial charge in [-0.25, -0.2) is 4.98 Å². The van der Waals surface area contributed by atoms with Crippen molar-refractivity contribution >= 4 is 11.6 Å². The van der Waals surface area contributed by atoms with E-state index < -0.39 is 4.92 Å². The van der Waals surface area contributed by atoms with Gasteiger partial charge in [0.15, 0.2) is 0 Å². The summed E-state index contributed by atoms with van der Waals surface area (Å²) in [4.78, 5) is 18.2. The quantitative estimate of drug-likeness (QED) is 0.477. The lowest BCUT2D eigenvalue weighted by atomic mass is 10.3. The molecule has 0 saturated heterocycles. The molecule has 0 amide bonds. The third kappa shape index (κ3) is 3.13. The molecule has 0 atom stereocenters. The van der Waals surface area contributed by atoms with Crippen molar-refractivity contribution in [1.82, 2.24) is 9.97 Å². The molecule has 0 unspecified atom stereocenters. The zero-order chi connectivity index (χ0) is 12.8. The first-order valence-electron chi connectivity index (χ1n) is 5.04. The monoisotopic (exact) mass is 238 g/mol. The Morgan fingerprint density at radius 2 is 2.24 bits per heavy atom. The lowest BCUT2D eigenvalue weighted by Crippen LogP contribution is -2.07. The molecule has 1 N–H and O–H groups in total. The standard InChI is InChI=1S/C10H14N4O3/c1-4-5-6-17-9-8(14(15)16)7(2)12-10(11-3)13-9/h4-5H,6H2,1-3H3,(H,11,12,13)/b5-4+. The second kappa shape index (κ2) is 5.78. The Morgan fingerprint density at radius 3 is 2.76 bits per heavy atom. The molecule has 0 spiro atoms. The fraction of sp³-hybridized carbons (Fsp3) is 0.400. The minimum Gasteiger partial charge on any atom is -0.468 e. The van der Waals surface area contributed by atoms with Crippen LogP contribution in [0.25, 0.3) is 0 Å². The summed E-state index contributed by atoms with van der Waals surface area (Å²) >= 11 is 0.